The van der Waals surface area contributed by atoms with E-state index < -0.39 is 17.7 Å². The number of hydrogen-bond donors (Lipinski definition) is 2. The van der Waals surface area contributed by atoms with Crippen LogP contribution in [0, 0.1) is 0 Å². The molecule has 98 valence electrons. The van der Waals surface area contributed by atoms with E-state index >= 15 is 0 Å². The summed E-state index contributed by atoms with van der Waals surface area (Å²) in [6.45, 7) is 5.08. The summed E-state index contributed by atoms with van der Waals surface area (Å²) in [5.41, 5.74) is 4.76. The zero-order valence-corrected chi connectivity index (χ0v) is 10.4. The third kappa shape index (κ3) is 3.97. The molecule has 1 aromatic rings. The molecule has 0 bridgehead atoms. The molecule has 0 aliphatic rings. The van der Waals surface area contributed by atoms with E-state index in [0.29, 0.717) is 0 Å². The molecule has 0 spiro atoms. The van der Waals surface area contributed by atoms with Crippen molar-refractivity contribution in [3.63, 3.8) is 0 Å². The number of anilines is 1. The van der Waals surface area contributed by atoms with E-state index in [0.717, 1.165) is 0 Å². The smallest absolute Gasteiger partial charge is 0.478 e. The van der Waals surface area contributed by atoms with Gasteiger partial charge in [-0.15, -0.1) is 0 Å². The highest BCUT2D eigenvalue weighted by atomic mass is 16.7. The largest absolute Gasteiger partial charge is 0.514 e. The van der Waals surface area contributed by atoms with Crippen LogP contribution in [0.25, 0.3) is 0 Å². The van der Waals surface area contributed by atoms with Crippen LogP contribution in [0.5, 0.6) is 5.75 Å². The molecule has 18 heavy (non-hydrogen) atoms. The number of carbonyl (C=O) groups is 2. The summed E-state index contributed by atoms with van der Waals surface area (Å²) in [5.74, 6) is -1.13. The third-order valence-electron chi connectivity index (χ3n) is 1.85. The molecule has 0 unspecified atom stereocenters. The summed E-state index contributed by atoms with van der Waals surface area (Å²) in [6.07, 6.45) is -0.899. The lowest BCUT2D eigenvalue weighted by Gasteiger charge is -2.18. The van der Waals surface area contributed by atoms with Gasteiger partial charge in [0.1, 0.15) is 11.4 Å². The molecule has 0 fully saturated rings. The summed E-state index contributed by atoms with van der Waals surface area (Å²) in [4.78, 5) is 22.2. The van der Waals surface area contributed by atoms with Crippen LogP contribution < -0.4 is 10.5 Å². The number of ether oxygens (including phenoxy) is 2. The maximum absolute atomic E-state index is 11.4. The van der Waals surface area contributed by atoms with Gasteiger partial charge in [-0.3, -0.25) is 0 Å². The van der Waals surface area contributed by atoms with E-state index in [9.17, 15) is 9.59 Å². The number of nitrogens with two attached hydrogens (primary N) is 1. The van der Waals surface area contributed by atoms with Crippen molar-refractivity contribution in [1.82, 2.24) is 0 Å². The van der Waals surface area contributed by atoms with Crippen molar-refractivity contribution in [1.29, 1.82) is 0 Å². The van der Waals surface area contributed by atoms with Crippen LogP contribution in [0.1, 0.15) is 31.1 Å². The van der Waals surface area contributed by atoms with Gasteiger partial charge in [0.15, 0.2) is 0 Å². The minimum absolute atomic E-state index is 0.0656. The highest BCUT2D eigenvalue weighted by Crippen LogP contribution is 2.21. The number of rotatable bonds is 2. The summed E-state index contributed by atoms with van der Waals surface area (Å²) < 4.78 is 9.79. The standard InChI is InChI=1S/C12H15NO5/c1-12(2,3)18-11(16)17-7-4-5-9(13)8(6-7)10(14)15/h4-6H,13H2,1-3H3,(H,14,15). The van der Waals surface area contributed by atoms with Gasteiger partial charge in [0.05, 0.1) is 5.56 Å². The lowest BCUT2D eigenvalue weighted by atomic mass is 10.2. The van der Waals surface area contributed by atoms with Crippen LogP contribution in [-0.4, -0.2) is 22.8 Å². The highest BCUT2D eigenvalue weighted by Gasteiger charge is 2.19. The number of nitrogen functional groups attached to an aromatic ring is 1. The summed E-state index contributed by atoms with van der Waals surface area (Å²) in [5, 5.41) is 8.86. The van der Waals surface area contributed by atoms with Gasteiger partial charge in [0, 0.05) is 5.69 Å². The van der Waals surface area contributed by atoms with Gasteiger partial charge in [-0.25, -0.2) is 9.59 Å². The Labute approximate surface area is 104 Å². The topological polar surface area (TPSA) is 98.9 Å². The van der Waals surface area contributed by atoms with Crippen molar-refractivity contribution >= 4 is 17.8 Å². The molecule has 0 heterocycles. The van der Waals surface area contributed by atoms with Gasteiger partial charge in [-0.2, -0.15) is 0 Å². The Morgan fingerprint density at radius 1 is 1.28 bits per heavy atom. The van der Waals surface area contributed by atoms with Crippen LogP contribution in [0.15, 0.2) is 18.2 Å². The van der Waals surface area contributed by atoms with Crippen molar-refractivity contribution in [3.8, 4) is 5.75 Å². The molecule has 6 heteroatoms. The molecule has 0 aliphatic carbocycles. The Bertz CT molecular complexity index is 476. The minimum atomic E-state index is -1.19. The van der Waals surface area contributed by atoms with Gasteiger partial charge < -0.3 is 20.3 Å². The van der Waals surface area contributed by atoms with Crippen LogP contribution in [0.4, 0.5) is 10.5 Å². The second-order valence-corrected chi connectivity index (χ2v) is 4.62. The predicted octanol–water partition coefficient (Wildman–Crippen LogP) is 2.28. The van der Waals surface area contributed by atoms with Crippen molar-refractivity contribution in [2.24, 2.45) is 0 Å². The first kappa shape index (κ1) is 13.8. The maximum Gasteiger partial charge on any atom is 0.514 e. The first-order valence-corrected chi connectivity index (χ1v) is 5.23. The first-order valence-electron chi connectivity index (χ1n) is 5.23. The predicted molar refractivity (Wildman–Crippen MR) is 64.7 cm³/mol. The van der Waals surface area contributed by atoms with E-state index in [4.69, 9.17) is 20.3 Å². The van der Waals surface area contributed by atoms with Crippen LogP contribution in [-0.2, 0) is 4.74 Å². The lowest BCUT2D eigenvalue weighted by Crippen LogP contribution is -2.26. The molecular weight excluding hydrogens is 238 g/mol. The molecule has 0 atom stereocenters. The van der Waals surface area contributed by atoms with Crippen molar-refractivity contribution < 1.29 is 24.2 Å². The fourth-order valence-electron chi connectivity index (χ4n) is 1.15. The molecule has 1 rings (SSSR count). The number of carboxylic acids is 1. The Balaban J connectivity index is 2.83. The Morgan fingerprint density at radius 2 is 1.89 bits per heavy atom. The first-order chi connectivity index (χ1) is 8.19. The minimum Gasteiger partial charge on any atom is -0.478 e. The van der Waals surface area contributed by atoms with Crippen molar-refractivity contribution in [3.05, 3.63) is 23.8 Å². The Morgan fingerprint density at radius 3 is 2.39 bits per heavy atom. The van der Waals surface area contributed by atoms with Crippen LogP contribution in [0.2, 0.25) is 0 Å². The number of aromatic carboxylic acids is 1. The van der Waals surface area contributed by atoms with E-state index in [1.54, 1.807) is 20.8 Å². The molecule has 0 aliphatic heterocycles. The highest BCUT2D eigenvalue weighted by molar-refractivity contribution is 5.94. The SMILES string of the molecule is CC(C)(C)OC(=O)Oc1ccc(N)c(C(=O)O)c1. The van der Waals surface area contributed by atoms with Crippen molar-refractivity contribution in [2.75, 3.05) is 5.73 Å². The number of hydrogen-bond acceptors (Lipinski definition) is 5. The monoisotopic (exact) mass is 253 g/mol. The molecule has 1 aromatic carbocycles. The number of carboxylic acid groups (broad SMARTS) is 1. The second kappa shape index (κ2) is 4.95. The van der Waals surface area contributed by atoms with Gasteiger partial charge in [0.25, 0.3) is 0 Å². The molecule has 0 saturated heterocycles. The average molecular weight is 253 g/mol. The Hall–Kier alpha value is -2.24. The molecule has 0 saturated carbocycles. The molecule has 6 nitrogen and oxygen atoms in total. The fourth-order valence-corrected chi connectivity index (χ4v) is 1.15. The second-order valence-electron chi connectivity index (χ2n) is 4.62. The van der Waals surface area contributed by atoms with E-state index in [1.807, 2.05) is 0 Å². The average Bonchev–Trinajstić information content (AvgIpc) is 2.17. The molecule has 3 N–H and O–H groups in total. The van der Waals surface area contributed by atoms with Gasteiger partial charge in [-0.05, 0) is 39.0 Å². The molecule has 0 radical (unpaired) electrons. The van der Waals surface area contributed by atoms with Gasteiger partial charge >= 0.3 is 12.1 Å². The van der Waals surface area contributed by atoms with E-state index in [1.165, 1.54) is 18.2 Å². The number of benzene rings is 1. The zero-order valence-electron chi connectivity index (χ0n) is 10.4. The summed E-state index contributed by atoms with van der Waals surface area (Å²) in [6, 6.07) is 3.91. The zero-order chi connectivity index (χ0) is 13.9. The Kier molecular flexibility index (Phi) is 3.80. The third-order valence-corrected chi connectivity index (χ3v) is 1.85. The van der Waals surface area contributed by atoms with Gasteiger partial charge in [0.2, 0.25) is 0 Å². The normalized spacial score (nSPS) is 10.8. The summed E-state index contributed by atoms with van der Waals surface area (Å²) >= 11 is 0. The number of carbonyl (C=O) groups excluding carboxylic acids is 1. The van der Waals surface area contributed by atoms with E-state index in [2.05, 4.69) is 0 Å². The van der Waals surface area contributed by atoms with Crippen LogP contribution >= 0.6 is 0 Å². The van der Waals surface area contributed by atoms with Gasteiger partial charge in [-0.1, -0.05) is 0 Å². The quantitative estimate of drug-likeness (QED) is 0.476. The maximum atomic E-state index is 11.4. The van der Waals surface area contributed by atoms with Crippen molar-refractivity contribution in [2.45, 2.75) is 26.4 Å². The van der Waals surface area contributed by atoms with Crippen LogP contribution in [0.3, 0.4) is 0 Å². The molecule has 0 aromatic heterocycles. The fraction of sp³-hybridized carbons (Fsp3) is 0.333. The lowest BCUT2D eigenvalue weighted by molar-refractivity contribution is 0.0205. The van der Waals surface area contributed by atoms with E-state index in [-0.39, 0.29) is 17.0 Å². The molecule has 0 amide bonds. The molecular formula is C12H15NO5. The summed E-state index contributed by atoms with van der Waals surface area (Å²) in [7, 11) is 0.